The molecule has 2 saturated carbocycles. The lowest BCUT2D eigenvalue weighted by Crippen LogP contribution is -2.32. The van der Waals surface area contributed by atoms with Gasteiger partial charge < -0.3 is 10.4 Å². The zero-order valence-corrected chi connectivity index (χ0v) is 20.7. The lowest BCUT2D eigenvalue weighted by molar-refractivity contribution is -0.146. The first-order valence-electron chi connectivity index (χ1n) is 12.4. The zero-order chi connectivity index (χ0) is 26.3. The molecule has 0 aliphatic heterocycles. The predicted octanol–water partition coefficient (Wildman–Crippen LogP) is 7.54. The van der Waals surface area contributed by atoms with E-state index in [0.29, 0.717) is 35.5 Å². The van der Waals surface area contributed by atoms with Crippen LogP contribution in [0.15, 0.2) is 36.4 Å². The van der Waals surface area contributed by atoms with E-state index in [1.807, 2.05) is 6.07 Å². The van der Waals surface area contributed by atoms with Gasteiger partial charge in [0.2, 0.25) is 0 Å². The van der Waals surface area contributed by atoms with Gasteiger partial charge in [-0.3, -0.25) is 9.59 Å². The van der Waals surface area contributed by atoms with E-state index in [0.717, 1.165) is 48.3 Å². The van der Waals surface area contributed by atoms with Crippen LogP contribution in [0.3, 0.4) is 0 Å². The SMILES string of the molecule is O=C(O)[C@@H]1CCC[C@H]1C(=O)C1CCC(c2ccc(Nc3nc4cc(C(F)(F)F)ccc4s3)c(F)c2)CC1. The van der Waals surface area contributed by atoms with E-state index in [9.17, 15) is 32.3 Å². The van der Waals surface area contributed by atoms with Crippen molar-refractivity contribution in [3.63, 3.8) is 0 Å². The number of nitrogens with one attached hydrogen (secondary N) is 1. The van der Waals surface area contributed by atoms with Crippen LogP contribution in [0.4, 0.5) is 28.4 Å². The van der Waals surface area contributed by atoms with Crippen molar-refractivity contribution >= 4 is 44.1 Å². The molecule has 0 radical (unpaired) electrons. The van der Waals surface area contributed by atoms with Gasteiger partial charge in [-0.25, -0.2) is 9.37 Å². The molecule has 2 N–H and O–H groups in total. The van der Waals surface area contributed by atoms with Crippen LogP contribution >= 0.6 is 11.3 Å². The molecule has 0 spiro atoms. The van der Waals surface area contributed by atoms with Crippen molar-refractivity contribution in [3.8, 4) is 0 Å². The summed E-state index contributed by atoms with van der Waals surface area (Å²) in [5.41, 5.74) is 0.424. The molecular weight excluding hydrogens is 508 g/mol. The van der Waals surface area contributed by atoms with Crippen molar-refractivity contribution in [2.75, 3.05) is 5.32 Å². The third-order valence-electron chi connectivity index (χ3n) is 7.75. The molecule has 2 aliphatic rings. The van der Waals surface area contributed by atoms with E-state index < -0.39 is 29.4 Å². The summed E-state index contributed by atoms with van der Waals surface area (Å²) in [5, 5.41) is 12.6. The fourth-order valence-corrected chi connectivity index (χ4v) is 6.63. The number of thiazole rings is 1. The van der Waals surface area contributed by atoms with Gasteiger partial charge in [0.15, 0.2) is 5.13 Å². The normalized spacial score (nSPS) is 24.3. The molecule has 0 amide bonds. The Balaban J connectivity index is 1.22. The largest absolute Gasteiger partial charge is 0.481 e. The molecule has 1 heterocycles. The summed E-state index contributed by atoms with van der Waals surface area (Å²) in [4.78, 5) is 28.6. The first kappa shape index (κ1) is 25.6. The molecule has 1 aromatic heterocycles. The maximum atomic E-state index is 15.0. The second kappa shape index (κ2) is 10.0. The standard InChI is InChI=1S/C27H26F4N2O3S/c28-20-12-16(14-4-6-15(7-5-14)24(34)18-2-1-3-19(18)25(35)36)8-10-21(20)32-26-33-22-13-17(27(29,30)31)9-11-23(22)37-26/h8-15,18-19H,1-7H2,(H,32,33)(H,35,36)/t14?,15?,18-,19-/m1/s1. The van der Waals surface area contributed by atoms with Gasteiger partial charge in [-0.1, -0.05) is 23.8 Å². The van der Waals surface area contributed by atoms with Crippen LogP contribution < -0.4 is 5.32 Å². The summed E-state index contributed by atoms with van der Waals surface area (Å²) in [7, 11) is 0. The quantitative estimate of drug-likeness (QED) is 0.320. The highest BCUT2D eigenvalue weighted by atomic mass is 32.1. The first-order valence-corrected chi connectivity index (χ1v) is 13.2. The van der Waals surface area contributed by atoms with Crippen molar-refractivity contribution in [1.29, 1.82) is 0 Å². The predicted molar refractivity (Wildman–Crippen MR) is 132 cm³/mol. The highest BCUT2D eigenvalue weighted by Gasteiger charge is 2.41. The molecule has 2 aromatic carbocycles. The number of aliphatic carboxylic acids is 1. The van der Waals surface area contributed by atoms with E-state index in [-0.39, 0.29) is 34.7 Å². The van der Waals surface area contributed by atoms with E-state index in [1.54, 1.807) is 6.07 Å². The van der Waals surface area contributed by atoms with Crippen LogP contribution in [0, 0.1) is 23.6 Å². The van der Waals surface area contributed by atoms with Gasteiger partial charge in [0.25, 0.3) is 0 Å². The Bertz CT molecular complexity index is 1330. The smallest absolute Gasteiger partial charge is 0.416 e. The van der Waals surface area contributed by atoms with Crippen LogP contribution in [0.2, 0.25) is 0 Å². The summed E-state index contributed by atoms with van der Waals surface area (Å²) in [6.45, 7) is 0. The minimum Gasteiger partial charge on any atom is -0.481 e. The molecule has 0 unspecified atom stereocenters. The number of carbonyl (C=O) groups is 2. The van der Waals surface area contributed by atoms with Gasteiger partial charge in [-0.15, -0.1) is 0 Å². The van der Waals surface area contributed by atoms with Gasteiger partial charge in [-0.2, -0.15) is 13.2 Å². The Kier molecular flexibility index (Phi) is 6.95. The van der Waals surface area contributed by atoms with Gasteiger partial charge in [0.1, 0.15) is 11.6 Å². The minimum absolute atomic E-state index is 0.0762. The number of aromatic nitrogens is 1. The Morgan fingerprint density at radius 2 is 1.70 bits per heavy atom. The summed E-state index contributed by atoms with van der Waals surface area (Å²) in [5.74, 6) is -2.27. The van der Waals surface area contributed by atoms with Gasteiger partial charge >= 0.3 is 12.1 Å². The number of carbonyl (C=O) groups excluding carboxylic acids is 1. The molecule has 2 fully saturated rings. The number of hydrogen-bond donors (Lipinski definition) is 2. The molecule has 3 aromatic rings. The lowest BCUT2D eigenvalue weighted by Gasteiger charge is -2.30. The number of hydrogen-bond acceptors (Lipinski definition) is 5. The molecule has 10 heteroatoms. The first-order chi connectivity index (χ1) is 17.6. The molecule has 5 rings (SSSR count). The van der Waals surface area contributed by atoms with Crippen molar-refractivity contribution in [2.24, 2.45) is 17.8 Å². The molecule has 2 atom stereocenters. The molecule has 5 nitrogen and oxygen atoms in total. The van der Waals surface area contributed by atoms with Crippen molar-refractivity contribution < 1.29 is 32.3 Å². The van der Waals surface area contributed by atoms with E-state index in [4.69, 9.17) is 0 Å². The van der Waals surface area contributed by atoms with Gasteiger partial charge in [0.05, 0.1) is 27.4 Å². The summed E-state index contributed by atoms with van der Waals surface area (Å²) >= 11 is 1.14. The van der Waals surface area contributed by atoms with E-state index in [2.05, 4.69) is 10.3 Å². The summed E-state index contributed by atoms with van der Waals surface area (Å²) < 4.78 is 54.4. The number of benzene rings is 2. The Labute approximate surface area is 214 Å². The van der Waals surface area contributed by atoms with E-state index >= 15 is 0 Å². The van der Waals surface area contributed by atoms with Gasteiger partial charge in [0, 0.05) is 11.8 Å². The highest BCUT2D eigenvalue weighted by Crippen LogP contribution is 2.42. The summed E-state index contributed by atoms with van der Waals surface area (Å²) in [6, 6.07) is 8.22. The number of nitrogens with zero attached hydrogens (tertiary/aromatic N) is 1. The third-order valence-corrected chi connectivity index (χ3v) is 8.70. The zero-order valence-electron chi connectivity index (χ0n) is 19.9. The van der Waals surface area contributed by atoms with Crippen LogP contribution in [0.1, 0.15) is 62.0 Å². The number of carboxylic acids is 1. The maximum absolute atomic E-state index is 15.0. The van der Waals surface area contributed by atoms with Crippen LogP contribution in [0.5, 0.6) is 0 Å². The molecular formula is C27H26F4N2O3S. The average Bonchev–Trinajstić information content (AvgIpc) is 3.51. The van der Waals surface area contributed by atoms with E-state index in [1.165, 1.54) is 12.1 Å². The Hall–Kier alpha value is -3.01. The number of anilines is 2. The second-order valence-electron chi connectivity index (χ2n) is 10.00. The monoisotopic (exact) mass is 534 g/mol. The third kappa shape index (κ3) is 5.35. The number of Topliss-reactive ketones (excluding diaryl/α,β-unsaturated/α-hetero) is 1. The fraction of sp³-hybridized carbons (Fsp3) is 0.444. The van der Waals surface area contributed by atoms with Crippen molar-refractivity contribution in [3.05, 3.63) is 53.3 Å². The minimum atomic E-state index is -4.46. The number of rotatable bonds is 6. The second-order valence-corrected chi connectivity index (χ2v) is 11.0. The number of ketones is 1. The maximum Gasteiger partial charge on any atom is 0.416 e. The molecule has 196 valence electrons. The molecule has 2 aliphatic carbocycles. The van der Waals surface area contributed by atoms with Crippen molar-refractivity contribution in [1.82, 2.24) is 4.98 Å². The average molecular weight is 535 g/mol. The molecule has 0 saturated heterocycles. The molecule has 0 bridgehead atoms. The van der Waals surface area contributed by atoms with Gasteiger partial charge in [-0.05, 0) is 80.3 Å². The van der Waals surface area contributed by atoms with Crippen LogP contribution in [-0.4, -0.2) is 21.8 Å². The Morgan fingerprint density at radius 3 is 2.38 bits per heavy atom. The lowest BCUT2D eigenvalue weighted by atomic mass is 9.73. The summed E-state index contributed by atoms with van der Waals surface area (Å²) in [6.07, 6.45) is 0.309. The topological polar surface area (TPSA) is 79.3 Å². The van der Waals surface area contributed by atoms with Crippen LogP contribution in [-0.2, 0) is 15.8 Å². The van der Waals surface area contributed by atoms with Crippen LogP contribution in [0.25, 0.3) is 10.2 Å². The van der Waals surface area contributed by atoms with Crippen molar-refractivity contribution in [2.45, 2.75) is 57.0 Å². The molecule has 37 heavy (non-hydrogen) atoms. The number of fused-ring (bicyclic) bond motifs is 1. The highest BCUT2D eigenvalue weighted by molar-refractivity contribution is 7.22. The number of carboxylic acid groups (broad SMARTS) is 1. The number of halogens is 4. The number of alkyl halides is 3. The fourth-order valence-electron chi connectivity index (χ4n) is 5.77. The Morgan fingerprint density at radius 1 is 0.973 bits per heavy atom.